The standard InChI is InChI=1S/C26H36N4O9/c1-5-37-21-12-18(30-39-21)23(32)28-20(14-36-4)25(34)29-19(13-35-3)24(33)27-17(22(31)26(2)15-38-26)11-16-9-7-6-8-10-16/h6-10,17,19-21H,5,11-15H2,1-4H3,(H,27,33)(H,28,32)(H,29,34)/t17-,19-,20-,21?,26+/m0/s1. The van der Waals surface area contributed by atoms with Crippen LogP contribution in [0.5, 0.6) is 0 Å². The van der Waals surface area contributed by atoms with Crippen LogP contribution in [0, 0.1) is 0 Å². The van der Waals surface area contributed by atoms with Gasteiger partial charge in [-0.15, -0.1) is 0 Å². The van der Waals surface area contributed by atoms with Crippen molar-refractivity contribution in [3.05, 3.63) is 35.9 Å². The van der Waals surface area contributed by atoms with E-state index in [0.29, 0.717) is 6.61 Å². The van der Waals surface area contributed by atoms with E-state index < -0.39 is 47.7 Å². The Morgan fingerprint density at radius 3 is 2.15 bits per heavy atom. The number of amides is 3. The SMILES string of the molecule is CCOC1CC(C(=O)N[C@@H](COC)C(=O)N[C@@H](COC)C(=O)N[C@@H](Cc2ccccc2)C(=O)[C@@]2(C)CO2)=NO1. The molecule has 1 aromatic carbocycles. The highest BCUT2D eigenvalue weighted by atomic mass is 16.8. The summed E-state index contributed by atoms with van der Waals surface area (Å²) in [7, 11) is 2.74. The van der Waals surface area contributed by atoms with Crippen molar-refractivity contribution in [3.8, 4) is 0 Å². The minimum absolute atomic E-state index is 0.0617. The molecular weight excluding hydrogens is 512 g/mol. The van der Waals surface area contributed by atoms with Crippen molar-refractivity contribution < 1.29 is 43.0 Å². The zero-order chi connectivity index (χ0) is 28.4. The highest BCUT2D eigenvalue weighted by Gasteiger charge is 2.50. The van der Waals surface area contributed by atoms with E-state index in [-0.39, 0.29) is 44.2 Å². The van der Waals surface area contributed by atoms with Crippen LogP contribution in [0.1, 0.15) is 25.8 Å². The third-order valence-corrected chi connectivity index (χ3v) is 6.19. The number of nitrogens with one attached hydrogen (secondary N) is 3. The first kappa shape index (κ1) is 30.2. The number of Topliss-reactive ketones (excluding diaryl/α,β-unsaturated/α-hetero) is 1. The van der Waals surface area contributed by atoms with Crippen molar-refractivity contribution in [3.63, 3.8) is 0 Å². The van der Waals surface area contributed by atoms with Gasteiger partial charge in [-0.25, -0.2) is 0 Å². The molecule has 0 spiro atoms. The van der Waals surface area contributed by atoms with Gasteiger partial charge in [-0.1, -0.05) is 35.5 Å². The zero-order valence-electron chi connectivity index (χ0n) is 22.6. The highest BCUT2D eigenvalue weighted by molar-refractivity contribution is 6.39. The molecule has 0 saturated carbocycles. The average molecular weight is 549 g/mol. The molecule has 5 atom stereocenters. The van der Waals surface area contributed by atoms with Gasteiger partial charge in [-0.05, 0) is 25.8 Å². The molecule has 0 bridgehead atoms. The summed E-state index contributed by atoms with van der Waals surface area (Å²) in [6.07, 6.45) is -0.308. The molecule has 3 rings (SSSR count). The van der Waals surface area contributed by atoms with Gasteiger partial charge in [-0.2, -0.15) is 0 Å². The van der Waals surface area contributed by atoms with Crippen LogP contribution in [0.3, 0.4) is 0 Å². The third kappa shape index (κ3) is 8.55. The van der Waals surface area contributed by atoms with Gasteiger partial charge in [0.05, 0.1) is 32.3 Å². The van der Waals surface area contributed by atoms with Gasteiger partial charge in [0.2, 0.25) is 18.1 Å². The van der Waals surface area contributed by atoms with Gasteiger partial charge in [-0.3, -0.25) is 19.2 Å². The van der Waals surface area contributed by atoms with E-state index in [2.05, 4.69) is 21.1 Å². The molecule has 214 valence electrons. The molecule has 0 aromatic heterocycles. The molecule has 3 amide bonds. The lowest BCUT2D eigenvalue weighted by Crippen LogP contribution is -2.59. The topological polar surface area (TPSA) is 166 Å². The van der Waals surface area contributed by atoms with Gasteiger partial charge >= 0.3 is 0 Å². The summed E-state index contributed by atoms with van der Waals surface area (Å²) >= 11 is 0. The van der Waals surface area contributed by atoms with Gasteiger partial charge in [0.25, 0.3) is 5.91 Å². The highest BCUT2D eigenvalue weighted by Crippen LogP contribution is 2.29. The van der Waals surface area contributed by atoms with Crippen molar-refractivity contribution in [2.45, 2.75) is 56.7 Å². The molecule has 2 aliphatic rings. The van der Waals surface area contributed by atoms with Gasteiger partial charge in [0.15, 0.2) is 11.5 Å². The number of hydrogen-bond donors (Lipinski definition) is 3. The van der Waals surface area contributed by atoms with Crippen molar-refractivity contribution in [1.29, 1.82) is 0 Å². The van der Waals surface area contributed by atoms with E-state index in [1.54, 1.807) is 13.8 Å². The average Bonchev–Trinajstić information content (AvgIpc) is 3.50. The van der Waals surface area contributed by atoms with E-state index in [0.717, 1.165) is 5.56 Å². The van der Waals surface area contributed by atoms with Crippen molar-refractivity contribution in [1.82, 2.24) is 16.0 Å². The van der Waals surface area contributed by atoms with Gasteiger partial charge in [0.1, 0.15) is 17.7 Å². The quantitative estimate of drug-likeness (QED) is 0.230. The van der Waals surface area contributed by atoms with E-state index in [1.165, 1.54) is 14.2 Å². The molecule has 3 N–H and O–H groups in total. The van der Waals surface area contributed by atoms with Crippen LogP contribution in [0.15, 0.2) is 35.5 Å². The summed E-state index contributed by atoms with van der Waals surface area (Å²) in [5.74, 6) is -2.21. The predicted molar refractivity (Wildman–Crippen MR) is 138 cm³/mol. The van der Waals surface area contributed by atoms with Crippen molar-refractivity contribution in [2.75, 3.05) is 40.6 Å². The van der Waals surface area contributed by atoms with Crippen LogP contribution in [0.4, 0.5) is 0 Å². The first-order chi connectivity index (χ1) is 18.7. The number of nitrogens with zero attached hydrogens (tertiary/aromatic N) is 1. The Bertz CT molecular complexity index is 1050. The number of carbonyl (C=O) groups is 4. The fourth-order valence-electron chi connectivity index (χ4n) is 3.93. The second kappa shape index (κ2) is 14.1. The maximum atomic E-state index is 13.3. The van der Waals surface area contributed by atoms with Crippen molar-refractivity contribution in [2.24, 2.45) is 5.16 Å². The Morgan fingerprint density at radius 1 is 1.00 bits per heavy atom. The molecule has 1 aromatic rings. The summed E-state index contributed by atoms with van der Waals surface area (Å²) in [5.41, 5.74) is -0.0541. The second-order valence-corrected chi connectivity index (χ2v) is 9.36. The number of benzene rings is 1. The van der Waals surface area contributed by atoms with Gasteiger partial charge in [0, 0.05) is 20.8 Å². The second-order valence-electron chi connectivity index (χ2n) is 9.36. The minimum atomic E-state index is -1.16. The Labute approximate surface area is 226 Å². The van der Waals surface area contributed by atoms with Crippen LogP contribution in [-0.2, 0) is 49.4 Å². The molecular formula is C26H36N4O9. The zero-order valence-corrected chi connectivity index (χ0v) is 22.6. The van der Waals surface area contributed by atoms with E-state index in [4.69, 9.17) is 23.8 Å². The largest absolute Gasteiger partial charge is 0.382 e. The summed E-state index contributed by atoms with van der Waals surface area (Å²) in [4.78, 5) is 57.2. The number of rotatable bonds is 16. The fourth-order valence-corrected chi connectivity index (χ4v) is 3.93. The monoisotopic (exact) mass is 548 g/mol. The number of ether oxygens (including phenoxy) is 4. The van der Waals surface area contributed by atoms with Crippen LogP contribution in [0.25, 0.3) is 0 Å². The van der Waals surface area contributed by atoms with Crippen LogP contribution >= 0.6 is 0 Å². The van der Waals surface area contributed by atoms with Crippen LogP contribution < -0.4 is 16.0 Å². The van der Waals surface area contributed by atoms with Crippen molar-refractivity contribution >= 4 is 29.2 Å². The summed E-state index contributed by atoms with van der Waals surface area (Å²) in [6.45, 7) is 3.76. The molecule has 2 aliphatic heterocycles. The number of epoxide rings is 1. The number of methoxy groups -OCH3 is 2. The van der Waals surface area contributed by atoms with E-state index in [9.17, 15) is 19.2 Å². The predicted octanol–water partition coefficient (Wildman–Crippen LogP) is -0.527. The molecule has 1 saturated heterocycles. The molecule has 13 nitrogen and oxygen atoms in total. The fraction of sp³-hybridized carbons (Fsp3) is 0.577. The number of ketones is 1. The van der Waals surface area contributed by atoms with Crippen LogP contribution in [0.2, 0.25) is 0 Å². The van der Waals surface area contributed by atoms with E-state index >= 15 is 0 Å². The number of hydrogen-bond acceptors (Lipinski definition) is 10. The normalized spacial score (nSPS) is 22.1. The minimum Gasteiger partial charge on any atom is -0.382 e. The maximum Gasteiger partial charge on any atom is 0.270 e. The number of oxime groups is 1. The first-order valence-corrected chi connectivity index (χ1v) is 12.7. The molecule has 13 heteroatoms. The van der Waals surface area contributed by atoms with E-state index in [1.807, 2.05) is 30.3 Å². The molecule has 0 radical (unpaired) electrons. The Kier molecular flexibility index (Phi) is 10.9. The third-order valence-electron chi connectivity index (χ3n) is 6.19. The lowest BCUT2D eigenvalue weighted by Gasteiger charge is -2.25. The summed E-state index contributed by atoms with van der Waals surface area (Å²) < 4.78 is 20.8. The Balaban J connectivity index is 1.66. The summed E-state index contributed by atoms with van der Waals surface area (Å²) in [6, 6.07) is 6.04. The molecule has 1 fully saturated rings. The number of carbonyl (C=O) groups excluding carboxylic acids is 4. The molecule has 1 unspecified atom stereocenters. The molecule has 0 aliphatic carbocycles. The Hall–Kier alpha value is -3.39. The lowest BCUT2D eigenvalue weighted by molar-refractivity contribution is -0.135. The molecule has 2 heterocycles. The summed E-state index contributed by atoms with van der Waals surface area (Å²) in [5, 5.41) is 11.6. The van der Waals surface area contributed by atoms with Crippen LogP contribution in [-0.4, -0.2) is 99.9 Å². The smallest absolute Gasteiger partial charge is 0.270 e. The lowest BCUT2D eigenvalue weighted by atomic mass is 9.94. The first-order valence-electron chi connectivity index (χ1n) is 12.7. The van der Waals surface area contributed by atoms with Gasteiger partial charge < -0.3 is 39.7 Å². The molecule has 39 heavy (non-hydrogen) atoms. The Morgan fingerprint density at radius 2 is 1.59 bits per heavy atom. The maximum absolute atomic E-state index is 13.3.